The Morgan fingerprint density at radius 1 is 1.10 bits per heavy atom. The normalized spacial score (nSPS) is 16.6. The van der Waals surface area contributed by atoms with Gasteiger partial charge in [-0.3, -0.25) is 14.7 Å². The van der Waals surface area contributed by atoms with E-state index in [4.69, 9.17) is 0 Å². The van der Waals surface area contributed by atoms with Crippen molar-refractivity contribution >= 4 is 17.8 Å². The van der Waals surface area contributed by atoms with Gasteiger partial charge in [-0.2, -0.15) is 0 Å². The molecule has 2 aliphatic rings. The molecule has 42 heavy (non-hydrogen) atoms. The number of amides is 1. The Balaban J connectivity index is 0.000000462. The van der Waals surface area contributed by atoms with E-state index in [1.807, 2.05) is 78.3 Å². The van der Waals surface area contributed by atoms with Crippen LogP contribution in [-0.4, -0.2) is 72.6 Å². The average Bonchev–Trinajstić information content (AvgIpc) is 3.00. The zero-order chi connectivity index (χ0) is 31.7. The molecule has 0 spiro atoms. The van der Waals surface area contributed by atoms with Gasteiger partial charge in [-0.15, -0.1) is 0 Å². The lowest BCUT2D eigenvalue weighted by Crippen LogP contribution is -2.37. The highest BCUT2D eigenvalue weighted by molar-refractivity contribution is 5.93. The van der Waals surface area contributed by atoms with Gasteiger partial charge in [0, 0.05) is 69.0 Å². The van der Waals surface area contributed by atoms with Crippen LogP contribution in [0.2, 0.25) is 0 Å². The van der Waals surface area contributed by atoms with Crippen molar-refractivity contribution in [3.63, 3.8) is 0 Å². The first-order valence-electron chi connectivity index (χ1n) is 15.4. The van der Waals surface area contributed by atoms with E-state index in [0.717, 1.165) is 66.1 Å². The number of pyridine rings is 2. The summed E-state index contributed by atoms with van der Waals surface area (Å²) in [5.74, 6) is 0.984. The highest BCUT2D eigenvalue weighted by atomic mass is 19.1. The van der Waals surface area contributed by atoms with Crippen molar-refractivity contribution in [3.05, 3.63) is 70.7 Å². The number of hydrogen-bond acceptors (Lipinski definition) is 5. The van der Waals surface area contributed by atoms with Gasteiger partial charge in [-0.1, -0.05) is 57.1 Å². The number of rotatable bonds is 6. The highest BCUT2D eigenvalue weighted by Crippen LogP contribution is 2.28. The summed E-state index contributed by atoms with van der Waals surface area (Å²) in [6.45, 7) is 16.5. The van der Waals surface area contributed by atoms with E-state index < -0.39 is 6.17 Å². The molecule has 1 aliphatic carbocycles. The molecule has 1 aliphatic heterocycles. The van der Waals surface area contributed by atoms with Gasteiger partial charge >= 0.3 is 0 Å². The first kappa shape index (κ1) is 36.7. The van der Waals surface area contributed by atoms with Crippen LogP contribution in [0.15, 0.2) is 59.5 Å². The van der Waals surface area contributed by atoms with Crippen LogP contribution in [0.5, 0.6) is 0 Å². The Hall–Kier alpha value is -3.32. The number of aromatic nitrogens is 2. The van der Waals surface area contributed by atoms with Crippen molar-refractivity contribution in [2.24, 2.45) is 0 Å². The molecular formula is C35H54FN5O. The smallest absolute Gasteiger partial charge is 0.249 e. The second-order valence-corrected chi connectivity index (χ2v) is 10.4. The van der Waals surface area contributed by atoms with Crippen LogP contribution in [-0.2, 0) is 4.79 Å². The van der Waals surface area contributed by atoms with E-state index in [-0.39, 0.29) is 5.91 Å². The molecule has 1 N–H and O–H groups in total. The van der Waals surface area contributed by atoms with Crippen molar-refractivity contribution in [2.45, 2.75) is 80.3 Å². The predicted molar refractivity (Wildman–Crippen MR) is 178 cm³/mol. The fourth-order valence-electron chi connectivity index (χ4n) is 4.71. The van der Waals surface area contributed by atoms with E-state index >= 15 is 0 Å². The zero-order valence-electron chi connectivity index (χ0n) is 27.7. The summed E-state index contributed by atoms with van der Waals surface area (Å²) in [6.07, 6.45) is 12.7. The van der Waals surface area contributed by atoms with Crippen LogP contribution in [0, 0.1) is 6.92 Å². The second-order valence-electron chi connectivity index (χ2n) is 10.4. The molecule has 0 aromatic carbocycles. The maximum Gasteiger partial charge on any atom is 0.249 e. The van der Waals surface area contributed by atoms with Gasteiger partial charge in [0.2, 0.25) is 5.91 Å². The first-order valence-corrected chi connectivity index (χ1v) is 15.4. The fraction of sp³-hybridized carbons (Fsp3) is 0.514. The lowest BCUT2D eigenvalue weighted by atomic mass is 9.98. The molecule has 1 fully saturated rings. The number of piperidine rings is 1. The summed E-state index contributed by atoms with van der Waals surface area (Å²) in [5.41, 5.74) is 7.77. The molecule has 232 valence electrons. The molecule has 3 heterocycles. The summed E-state index contributed by atoms with van der Waals surface area (Å²) < 4.78 is 13.6. The number of anilines is 1. The van der Waals surface area contributed by atoms with Crippen molar-refractivity contribution in [2.75, 3.05) is 46.1 Å². The summed E-state index contributed by atoms with van der Waals surface area (Å²) >= 11 is 0. The molecule has 2 aromatic rings. The number of likely N-dealkylation sites (tertiary alicyclic amines) is 1. The molecule has 1 amide bonds. The molecule has 1 unspecified atom stereocenters. The number of nitrogens with one attached hydrogen (secondary N) is 1. The average molecular weight is 580 g/mol. The van der Waals surface area contributed by atoms with E-state index in [9.17, 15) is 9.18 Å². The van der Waals surface area contributed by atoms with Crippen LogP contribution in [0.25, 0.3) is 17.2 Å². The molecular weight excluding hydrogens is 525 g/mol. The van der Waals surface area contributed by atoms with Crippen LogP contribution in [0.1, 0.15) is 78.5 Å². The Bertz CT molecular complexity index is 1180. The summed E-state index contributed by atoms with van der Waals surface area (Å²) in [4.78, 5) is 24.1. The minimum atomic E-state index is -0.691. The Morgan fingerprint density at radius 3 is 2.36 bits per heavy atom. The number of aryl methyl sites for hydroxylation is 1. The number of carbonyl (C=O) groups is 1. The predicted octanol–water partition coefficient (Wildman–Crippen LogP) is 8.12. The molecule has 7 heteroatoms. The second kappa shape index (κ2) is 19.7. The maximum absolute atomic E-state index is 13.6. The lowest BCUT2D eigenvalue weighted by molar-refractivity contribution is -0.124. The Kier molecular flexibility index (Phi) is 17.2. The summed E-state index contributed by atoms with van der Waals surface area (Å²) in [6, 6.07) is 6.07. The minimum absolute atomic E-state index is 0.138. The number of halogens is 1. The van der Waals surface area contributed by atoms with Gasteiger partial charge in [0.1, 0.15) is 12.0 Å². The molecule has 2 aromatic heterocycles. The molecule has 0 saturated carbocycles. The van der Waals surface area contributed by atoms with Gasteiger partial charge in [0.15, 0.2) is 0 Å². The maximum atomic E-state index is 13.6. The van der Waals surface area contributed by atoms with E-state index in [1.54, 1.807) is 19.0 Å². The van der Waals surface area contributed by atoms with Crippen molar-refractivity contribution in [1.82, 2.24) is 19.8 Å². The lowest BCUT2D eigenvalue weighted by Gasteiger charge is -2.29. The third-order valence-electron chi connectivity index (χ3n) is 6.87. The van der Waals surface area contributed by atoms with E-state index in [2.05, 4.69) is 46.2 Å². The van der Waals surface area contributed by atoms with Gasteiger partial charge in [-0.25, -0.2) is 9.37 Å². The molecule has 6 nitrogen and oxygen atoms in total. The first-order chi connectivity index (χ1) is 20.2. The molecule has 4 rings (SSSR count). The van der Waals surface area contributed by atoms with E-state index in [1.165, 1.54) is 11.1 Å². The largest absolute Gasteiger partial charge is 0.373 e. The number of carbonyl (C=O) groups excluding carboxylic acids is 1. The van der Waals surface area contributed by atoms with Gasteiger partial charge in [0.05, 0.1) is 0 Å². The fourth-order valence-corrected chi connectivity index (χ4v) is 4.71. The monoisotopic (exact) mass is 579 g/mol. The SMILES string of the molecule is CC.CC.CC1=CC=C(C(=O)N(C)C)CC1.CNc1ccc(-c2ccnc(C)c2/C=C(\C)CN2CCCC(F)C2)cn1. The van der Waals surface area contributed by atoms with Crippen molar-refractivity contribution in [3.8, 4) is 11.1 Å². The topological polar surface area (TPSA) is 61.4 Å². The summed E-state index contributed by atoms with van der Waals surface area (Å²) in [5, 5.41) is 3.04. The Labute approximate surface area is 254 Å². The quantitative estimate of drug-likeness (QED) is 0.374. The number of allylic oxidation sites excluding steroid dienone is 3. The van der Waals surface area contributed by atoms with Crippen LogP contribution >= 0.6 is 0 Å². The Morgan fingerprint density at radius 2 is 1.81 bits per heavy atom. The van der Waals surface area contributed by atoms with Gasteiger partial charge < -0.3 is 10.2 Å². The third-order valence-corrected chi connectivity index (χ3v) is 6.87. The molecule has 1 atom stereocenters. The molecule has 0 bridgehead atoms. The number of alkyl halides is 1. The standard InChI is InChI=1S/C21H27FN4.C10H15NO.2C2H6/c1-15(13-26-10-4-5-18(22)14-26)11-20-16(2)24-9-8-19(20)17-6-7-21(23-3)25-12-17;1-8-4-6-9(7-5-8)10(12)11(2)3;2*1-2/h6-9,11-12,18H,4-5,10,13-14H2,1-3H3,(H,23,25);4,6H,5,7H2,1-3H3;2*1-2H3/b15-11+;;;. The molecule has 1 saturated heterocycles. The number of hydrogen-bond donors (Lipinski definition) is 1. The highest BCUT2D eigenvalue weighted by Gasteiger charge is 2.19. The van der Waals surface area contributed by atoms with Crippen molar-refractivity contribution < 1.29 is 9.18 Å². The summed E-state index contributed by atoms with van der Waals surface area (Å²) in [7, 11) is 5.43. The minimum Gasteiger partial charge on any atom is -0.373 e. The number of likely N-dealkylation sites (N-methyl/N-ethyl adjacent to an activating group) is 1. The van der Waals surface area contributed by atoms with Crippen LogP contribution in [0.4, 0.5) is 10.2 Å². The zero-order valence-corrected chi connectivity index (χ0v) is 27.7. The van der Waals surface area contributed by atoms with Gasteiger partial charge in [0.25, 0.3) is 0 Å². The van der Waals surface area contributed by atoms with Crippen molar-refractivity contribution in [1.29, 1.82) is 0 Å². The van der Waals surface area contributed by atoms with E-state index in [0.29, 0.717) is 13.0 Å². The third kappa shape index (κ3) is 11.9. The van der Waals surface area contributed by atoms with Crippen LogP contribution < -0.4 is 5.32 Å². The molecule has 0 radical (unpaired) electrons. The van der Waals surface area contributed by atoms with Gasteiger partial charge in [-0.05, 0) is 76.8 Å². The number of nitrogens with zero attached hydrogens (tertiary/aromatic N) is 4. The van der Waals surface area contributed by atoms with Crippen LogP contribution in [0.3, 0.4) is 0 Å².